The van der Waals surface area contributed by atoms with E-state index in [-0.39, 0.29) is 23.9 Å². The van der Waals surface area contributed by atoms with E-state index < -0.39 is 10.0 Å². The number of hydrogen-bond donors (Lipinski definition) is 0. The van der Waals surface area contributed by atoms with Crippen LogP contribution in [0.5, 0.6) is 0 Å². The Balaban J connectivity index is 1.72. The van der Waals surface area contributed by atoms with Crippen LogP contribution in [0.1, 0.15) is 22.3 Å². The van der Waals surface area contributed by atoms with Gasteiger partial charge in [0.15, 0.2) is 0 Å². The van der Waals surface area contributed by atoms with Gasteiger partial charge in [-0.1, -0.05) is 23.5 Å². The predicted octanol–water partition coefficient (Wildman–Crippen LogP) is 2.01. The molecule has 0 spiro atoms. The zero-order valence-corrected chi connectivity index (χ0v) is 16.8. The third-order valence-corrected chi connectivity index (χ3v) is 7.73. The molecule has 1 fully saturated rings. The molecule has 0 bridgehead atoms. The molecule has 0 unspecified atom stereocenters. The van der Waals surface area contributed by atoms with Gasteiger partial charge >= 0.3 is 0 Å². The second-order valence-electron chi connectivity index (χ2n) is 5.53. The lowest BCUT2D eigenvalue weighted by molar-refractivity contribution is 0.0701. The summed E-state index contributed by atoms with van der Waals surface area (Å²) in [6, 6.07) is 6.75. The van der Waals surface area contributed by atoms with Crippen LogP contribution in [0, 0.1) is 0 Å². The molecule has 2 aromatic rings. The summed E-state index contributed by atoms with van der Waals surface area (Å²) in [5, 5.41) is 3.96. The van der Waals surface area contributed by atoms with Gasteiger partial charge in [0.1, 0.15) is 4.88 Å². The summed E-state index contributed by atoms with van der Waals surface area (Å²) >= 11 is 4.38. The average Bonchev–Trinajstić information content (AvgIpc) is 3.10. The summed E-state index contributed by atoms with van der Waals surface area (Å²) in [4.78, 5) is 15.1. The van der Waals surface area contributed by atoms with E-state index in [0.717, 1.165) is 11.5 Å². The third kappa shape index (κ3) is 3.62. The van der Waals surface area contributed by atoms with Crippen molar-refractivity contribution in [1.82, 2.24) is 18.8 Å². The van der Waals surface area contributed by atoms with Crippen LogP contribution in [0.3, 0.4) is 0 Å². The Hall–Kier alpha value is -1.36. The Bertz CT molecular complexity index is 876. The van der Waals surface area contributed by atoms with Gasteiger partial charge in [0.05, 0.1) is 10.6 Å². The Morgan fingerprint density at radius 3 is 2.56 bits per heavy atom. The molecule has 2 heterocycles. The Morgan fingerprint density at radius 1 is 1.24 bits per heavy atom. The van der Waals surface area contributed by atoms with Gasteiger partial charge in [-0.05, 0) is 46.0 Å². The topological polar surface area (TPSA) is 83.5 Å². The molecule has 1 aliphatic rings. The number of halogens is 1. The molecule has 3 rings (SSSR count). The molecular formula is C15H17BrN4O3S2. The maximum atomic E-state index is 12.8. The van der Waals surface area contributed by atoms with Crippen LogP contribution in [0.4, 0.5) is 0 Å². The quantitative estimate of drug-likeness (QED) is 0.719. The number of hydrogen-bond acceptors (Lipinski definition) is 6. The fraction of sp³-hybridized carbons (Fsp3) is 0.400. The van der Waals surface area contributed by atoms with Crippen LogP contribution in [-0.4, -0.2) is 59.3 Å². The number of nitrogens with zero attached hydrogens (tertiary/aromatic N) is 4. The maximum absolute atomic E-state index is 12.8. The van der Waals surface area contributed by atoms with Crippen LogP contribution < -0.4 is 0 Å². The third-order valence-electron chi connectivity index (χ3n) is 4.07. The lowest BCUT2D eigenvalue weighted by atomic mass is 10.2. The largest absolute Gasteiger partial charge is 0.335 e. The number of carbonyl (C=O) groups is 1. The molecule has 0 radical (unpaired) electrons. The molecule has 10 heteroatoms. The van der Waals surface area contributed by atoms with Gasteiger partial charge in [-0.3, -0.25) is 4.79 Å². The molecule has 0 saturated carbocycles. The molecule has 134 valence electrons. The van der Waals surface area contributed by atoms with E-state index in [4.69, 9.17) is 0 Å². The van der Waals surface area contributed by atoms with Gasteiger partial charge in [0.2, 0.25) is 10.0 Å². The van der Waals surface area contributed by atoms with Gasteiger partial charge in [-0.2, -0.15) is 4.31 Å². The van der Waals surface area contributed by atoms with Crippen molar-refractivity contribution >= 4 is 43.4 Å². The van der Waals surface area contributed by atoms with Crippen LogP contribution in [-0.2, 0) is 16.4 Å². The van der Waals surface area contributed by atoms with Gasteiger partial charge in [0.25, 0.3) is 5.91 Å². The monoisotopic (exact) mass is 444 g/mol. The Morgan fingerprint density at radius 2 is 1.92 bits per heavy atom. The molecule has 1 aliphatic heterocycles. The normalized spacial score (nSPS) is 16.2. The van der Waals surface area contributed by atoms with E-state index in [1.807, 2.05) is 6.92 Å². The molecule has 1 saturated heterocycles. The first kappa shape index (κ1) is 18.4. The molecule has 1 aromatic heterocycles. The van der Waals surface area contributed by atoms with Crippen molar-refractivity contribution in [1.29, 1.82) is 0 Å². The van der Waals surface area contributed by atoms with Crippen molar-refractivity contribution in [2.45, 2.75) is 18.2 Å². The fourth-order valence-electron chi connectivity index (χ4n) is 2.67. The lowest BCUT2D eigenvalue weighted by Gasteiger charge is -2.34. The van der Waals surface area contributed by atoms with E-state index in [1.54, 1.807) is 29.2 Å². The van der Waals surface area contributed by atoms with Gasteiger partial charge in [-0.25, -0.2) is 8.42 Å². The smallest absolute Gasteiger partial charge is 0.267 e. The average molecular weight is 445 g/mol. The van der Waals surface area contributed by atoms with E-state index >= 15 is 0 Å². The van der Waals surface area contributed by atoms with Crippen molar-refractivity contribution in [2.24, 2.45) is 0 Å². The molecule has 7 nitrogen and oxygen atoms in total. The molecule has 0 atom stereocenters. The number of aromatic nitrogens is 2. The fourth-order valence-corrected chi connectivity index (χ4v) is 5.77. The van der Waals surface area contributed by atoms with Gasteiger partial charge in [-0.15, -0.1) is 5.10 Å². The Labute approximate surface area is 159 Å². The lowest BCUT2D eigenvalue weighted by Crippen LogP contribution is -2.50. The summed E-state index contributed by atoms with van der Waals surface area (Å²) in [6.45, 7) is 3.16. The maximum Gasteiger partial charge on any atom is 0.267 e. The molecule has 0 N–H and O–H groups in total. The first-order valence-electron chi connectivity index (χ1n) is 7.80. The van der Waals surface area contributed by atoms with E-state index in [1.165, 1.54) is 4.31 Å². The van der Waals surface area contributed by atoms with Crippen LogP contribution in [0.15, 0.2) is 33.6 Å². The van der Waals surface area contributed by atoms with Gasteiger partial charge in [0, 0.05) is 30.7 Å². The highest BCUT2D eigenvalue weighted by Crippen LogP contribution is 2.26. The minimum Gasteiger partial charge on any atom is -0.335 e. The van der Waals surface area contributed by atoms with E-state index in [0.29, 0.717) is 34.6 Å². The number of carbonyl (C=O) groups excluding carboxylic acids is 1. The number of sulfonamides is 1. The van der Waals surface area contributed by atoms with Gasteiger partial charge < -0.3 is 4.90 Å². The van der Waals surface area contributed by atoms with Crippen molar-refractivity contribution in [3.8, 4) is 0 Å². The molecule has 25 heavy (non-hydrogen) atoms. The highest BCUT2D eigenvalue weighted by molar-refractivity contribution is 9.10. The number of rotatable bonds is 4. The second-order valence-corrected chi connectivity index (χ2v) is 9.04. The van der Waals surface area contributed by atoms with E-state index in [9.17, 15) is 13.2 Å². The van der Waals surface area contributed by atoms with Crippen molar-refractivity contribution in [3.05, 3.63) is 39.3 Å². The summed E-state index contributed by atoms with van der Waals surface area (Å²) in [5.41, 5.74) is 0.693. The van der Waals surface area contributed by atoms with Crippen LogP contribution in [0.2, 0.25) is 0 Å². The Kier molecular flexibility index (Phi) is 5.52. The summed E-state index contributed by atoms with van der Waals surface area (Å²) in [5.74, 6) is -0.121. The van der Waals surface area contributed by atoms with Crippen LogP contribution in [0.25, 0.3) is 0 Å². The molecule has 0 aliphatic carbocycles. The standard InChI is InChI=1S/C15H17BrN4O3S2/c1-2-12-14(24-18-17-12)15(21)19-7-9-20(10-8-19)25(22,23)13-6-4-3-5-11(13)16/h3-6H,2,7-10H2,1H3. The highest BCUT2D eigenvalue weighted by atomic mass is 79.9. The first-order valence-corrected chi connectivity index (χ1v) is 10.8. The molecule has 1 amide bonds. The predicted molar refractivity (Wildman–Crippen MR) is 98.1 cm³/mol. The summed E-state index contributed by atoms with van der Waals surface area (Å²) in [7, 11) is -3.58. The minimum absolute atomic E-state index is 0.121. The van der Waals surface area contributed by atoms with E-state index in [2.05, 4.69) is 25.5 Å². The van der Waals surface area contributed by atoms with Crippen molar-refractivity contribution < 1.29 is 13.2 Å². The molecule has 1 aromatic carbocycles. The number of amides is 1. The number of piperazine rings is 1. The second kappa shape index (κ2) is 7.48. The van der Waals surface area contributed by atoms with Crippen LogP contribution >= 0.6 is 27.5 Å². The van der Waals surface area contributed by atoms with Crippen molar-refractivity contribution in [2.75, 3.05) is 26.2 Å². The minimum atomic E-state index is -3.58. The SMILES string of the molecule is CCc1nnsc1C(=O)N1CCN(S(=O)(=O)c2ccccc2Br)CC1. The summed E-state index contributed by atoms with van der Waals surface area (Å²) in [6.07, 6.45) is 0.647. The molecular weight excluding hydrogens is 428 g/mol. The number of aryl methyl sites for hydroxylation is 1. The first-order chi connectivity index (χ1) is 11.9. The number of benzene rings is 1. The summed E-state index contributed by atoms with van der Waals surface area (Å²) < 4.78 is 31.4. The zero-order valence-electron chi connectivity index (χ0n) is 13.6. The zero-order chi connectivity index (χ0) is 18.0. The highest BCUT2D eigenvalue weighted by Gasteiger charge is 2.32. The van der Waals surface area contributed by atoms with Crippen molar-refractivity contribution in [3.63, 3.8) is 0 Å².